The van der Waals surface area contributed by atoms with Crippen molar-refractivity contribution in [1.82, 2.24) is 0 Å². The Hall–Kier alpha value is -0.900. The summed E-state index contributed by atoms with van der Waals surface area (Å²) in [5.41, 5.74) is 0. The van der Waals surface area contributed by atoms with Crippen LogP contribution in [0.5, 0.6) is 0 Å². The third kappa shape index (κ3) is 15.8. The number of rotatable bonds is 6. The van der Waals surface area contributed by atoms with Crippen LogP contribution in [-0.2, 0) is 14.3 Å². The van der Waals surface area contributed by atoms with Gasteiger partial charge < -0.3 is 14.6 Å². The third-order valence-electron chi connectivity index (χ3n) is 1.76. The highest BCUT2D eigenvalue weighted by atomic mass is 16.5. The summed E-state index contributed by atoms with van der Waals surface area (Å²) >= 11 is 0. The Labute approximate surface area is 91.6 Å². The van der Waals surface area contributed by atoms with Crippen molar-refractivity contribution in [2.75, 3.05) is 7.11 Å². The number of aliphatic carboxylic acids is 1. The lowest BCUT2D eigenvalue weighted by Crippen LogP contribution is -2.14. The summed E-state index contributed by atoms with van der Waals surface area (Å²) in [6.45, 7) is 5.94. The minimum Gasteiger partial charge on any atom is -0.481 e. The van der Waals surface area contributed by atoms with E-state index >= 15 is 0 Å². The average Bonchev–Trinajstić information content (AvgIpc) is 2.14. The number of carboxylic acid groups (broad SMARTS) is 1. The van der Waals surface area contributed by atoms with Gasteiger partial charge in [-0.3, -0.25) is 4.79 Å². The van der Waals surface area contributed by atoms with Gasteiger partial charge in [0.25, 0.3) is 0 Å². The molecule has 0 saturated heterocycles. The summed E-state index contributed by atoms with van der Waals surface area (Å²) in [4.78, 5) is 19.7. The molecule has 15 heavy (non-hydrogen) atoms. The molecule has 0 amide bonds. The normalized spacial score (nSPS) is 11.5. The number of ether oxygens (including phenoxy) is 1. The number of carbonyl (C=O) groups is 2. The number of hydrogen-bond donors (Lipinski definition) is 1. The van der Waals surface area contributed by atoms with Crippen LogP contribution in [0.3, 0.4) is 0 Å². The smallest absolute Gasteiger partial charge is 0.305 e. The first-order valence-corrected chi connectivity index (χ1v) is 5.16. The van der Waals surface area contributed by atoms with Gasteiger partial charge in [0, 0.05) is 13.5 Å². The van der Waals surface area contributed by atoms with Crippen LogP contribution in [0.2, 0.25) is 0 Å². The molecule has 0 aliphatic rings. The number of carbonyl (C=O) groups excluding carboxylic acids is 1. The highest BCUT2D eigenvalue weighted by molar-refractivity contribution is 5.67. The minimum absolute atomic E-state index is 0.104. The minimum atomic E-state index is -0.802. The van der Waals surface area contributed by atoms with Crippen molar-refractivity contribution < 1.29 is 19.4 Å². The number of methoxy groups -OCH3 is 1. The quantitative estimate of drug-likeness (QED) is 0.693. The van der Waals surface area contributed by atoms with Gasteiger partial charge in [0.1, 0.15) is 6.29 Å². The first-order valence-electron chi connectivity index (χ1n) is 5.16. The summed E-state index contributed by atoms with van der Waals surface area (Å²) < 4.78 is 4.83. The summed E-state index contributed by atoms with van der Waals surface area (Å²) in [6, 6.07) is 0. The summed E-state index contributed by atoms with van der Waals surface area (Å²) in [6.07, 6.45) is 2.38. The lowest BCUT2D eigenvalue weighted by molar-refractivity contribution is -0.139. The van der Waals surface area contributed by atoms with Crippen molar-refractivity contribution in [2.45, 2.75) is 46.1 Å². The largest absolute Gasteiger partial charge is 0.481 e. The fourth-order valence-corrected chi connectivity index (χ4v) is 0.782. The van der Waals surface area contributed by atoms with E-state index in [-0.39, 0.29) is 12.5 Å². The summed E-state index contributed by atoms with van der Waals surface area (Å²) in [5.74, 6) is -0.272. The molecule has 1 unspecified atom stereocenters. The van der Waals surface area contributed by atoms with Crippen molar-refractivity contribution in [3.8, 4) is 0 Å². The van der Waals surface area contributed by atoms with Gasteiger partial charge in [0.15, 0.2) is 0 Å². The molecule has 0 rings (SSSR count). The standard InChI is InChI=1S/C6H12O3.C5H10O/c1-3-5(9-2)4-6(7)8;1-5(2)3-4-6/h5H,3-4H2,1-2H3,(H,7,8);4-5H,3H2,1-2H3. The van der Waals surface area contributed by atoms with Crippen molar-refractivity contribution in [1.29, 1.82) is 0 Å². The van der Waals surface area contributed by atoms with Gasteiger partial charge in [-0.1, -0.05) is 20.8 Å². The van der Waals surface area contributed by atoms with E-state index in [0.29, 0.717) is 12.3 Å². The molecular formula is C11H22O4. The third-order valence-corrected chi connectivity index (χ3v) is 1.76. The van der Waals surface area contributed by atoms with E-state index in [1.165, 1.54) is 7.11 Å². The lowest BCUT2D eigenvalue weighted by atomic mass is 10.2. The highest BCUT2D eigenvalue weighted by Gasteiger charge is 2.08. The number of hydrogen-bond acceptors (Lipinski definition) is 3. The van der Waals surface area contributed by atoms with E-state index in [4.69, 9.17) is 9.84 Å². The molecule has 90 valence electrons. The van der Waals surface area contributed by atoms with Crippen molar-refractivity contribution in [3.63, 3.8) is 0 Å². The molecule has 0 aromatic rings. The van der Waals surface area contributed by atoms with Gasteiger partial charge in [0.2, 0.25) is 0 Å². The maximum atomic E-state index is 10.0. The molecule has 0 aromatic carbocycles. The SMILES string of the molecule is CC(C)CC=O.CCC(CC(=O)O)OC. The number of aldehydes is 1. The van der Waals surface area contributed by atoms with Crippen molar-refractivity contribution in [2.24, 2.45) is 5.92 Å². The molecule has 0 heterocycles. The molecule has 4 nitrogen and oxygen atoms in total. The zero-order chi connectivity index (χ0) is 12.3. The van der Waals surface area contributed by atoms with Gasteiger partial charge >= 0.3 is 5.97 Å². The van der Waals surface area contributed by atoms with Crippen LogP contribution < -0.4 is 0 Å². The Balaban J connectivity index is 0. The van der Waals surface area contributed by atoms with E-state index in [0.717, 1.165) is 12.7 Å². The monoisotopic (exact) mass is 218 g/mol. The molecule has 0 saturated carbocycles. The van der Waals surface area contributed by atoms with Crippen LogP contribution in [0.1, 0.15) is 40.0 Å². The zero-order valence-electron chi connectivity index (χ0n) is 10.0. The number of carboxylic acids is 1. The first kappa shape index (κ1) is 16.5. The van der Waals surface area contributed by atoms with Gasteiger partial charge in [-0.2, -0.15) is 0 Å². The topological polar surface area (TPSA) is 63.6 Å². The average molecular weight is 218 g/mol. The molecule has 0 aliphatic heterocycles. The van der Waals surface area contributed by atoms with Crippen LogP contribution in [0.25, 0.3) is 0 Å². The Morgan fingerprint density at radius 3 is 2.07 bits per heavy atom. The molecule has 0 fully saturated rings. The van der Waals surface area contributed by atoms with E-state index in [1.54, 1.807) is 0 Å². The molecule has 0 spiro atoms. The van der Waals surface area contributed by atoms with Crippen molar-refractivity contribution in [3.05, 3.63) is 0 Å². The van der Waals surface area contributed by atoms with Crippen LogP contribution in [0.15, 0.2) is 0 Å². The second-order valence-electron chi connectivity index (χ2n) is 3.66. The summed E-state index contributed by atoms with van der Waals surface area (Å²) in [5, 5.41) is 8.27. The molecule has 1 atom stereocenters. The van der Waals surface area contributed by atoms with Crippen LogP contribution in [0, 0.1) is 5.92 Å². The van der Waals surface area contributed by atoms with Crippen LogP contribution in [0.4, 0.5) is 0 Å². The fourth-order valence-electron chi connectivity index (χ4n) is 0.782. The Kier molecular flexibility index (Phi) is 12.3. The Morgan fingerprint density at radius 1 is 1.47 bits per heavy atom. The predicted molar refractivity (Wildman–Crippen MR) is 58.9 cm³/mol. The lowest BCUT2D eigenvalue weighted by Gasteiger charge is -2.07. The predicted octanol–water partition coefficient (Wildman–Crippen LogP) is 2.12. The zero-order valence-corrected chi connectivity index (χ0v) is 10.0. The van der Waals surface area contributed by atoms with Gasteiger partial charge in [0.05, 0.1) is 12.5 Å². The molecular weight excluding hydrogens is 196 g/mol. The Morgan fingerprint density at radius 2 is 2.00 bits per heavy atom. The van der Waals surface area contributed by atoms with Crippen molar-refractivity contribution >= 4 is 12.3 Å². The van der Waals surface area contributed by atoms with E-state index in [1.807, 2.05) is 20.8 Å². The van der Waals surface area contributed by atoms with Gasteiger partial charge in [-0.05, 0) is 12.3 Å². The molecule has 0 aromatic heterocycles. The molecule has 0 bridgehead atoms. The maximum Gasteiger partial charge on any atom is 0.305 e. The fraction of sp³-hybridized carbons (Fsp3) is 0.818. The van der Waals surface area contributed by atoms with Crippen LogP contribution in [-0.4, -0.2) is 30.6 Å². The highest BCUT2D eigenvalue weighted by Crippen LogP contribution is 2.00. The Bertz CT molecular complexity index is 162. The van der Waals surface area contributed by atoms with Crippen LogP contribution >= 0.6 is 0 Å². The molecule has 1 N–H and O–H groups in total. The first-order chi connectivity index (χ1) is 6.97. The summed E-state index contributed by atoms with van der Waals surface area (Å²) in [7, 11) is 1.52. The maximum absolute atomic E-state index is 10.0. The second kappa shape index (κ2) is 11.2. The van der Waals surface area contributed by atoms with Gasteiger partial charge in [-0.15, -0.1) is 0 Å². The van der Waals surface area contributed by atoms with E-state index < -0.39 is 5.97 Å². The molecule has 0 aliphatic carbocycles. The second-order valence-corrected chi connectivity index (χ2v) is 3.66. The molecule has 0 radical (unpaired) electrons. The van der Waals surface area contributed by atoms with Gasteiger partial charge in [-0.25, -0.2) is 0 Å². The van der Waals surface area contributed by atoms with E-state index in [9.17, 15) is 9.59 Å². The molecule has 4 heteroatoms. The van der Waals surface area contributed by atoms with E-state index in [2.05, 4.69) is 0 Å².